The zero-order valence-corrected chi connectivity index (χ0v) is 25.6. The molecule has 7 rings (SSSR count). The summed E-state index contributed by atoms with van der Waals surface area (Å²) in [4.78, 5) is 28.1. The monoisotopic (exact) mass is 614 g/mol. The van der Waals surface area contributed by atoms with Crippen LogP contribution in [0.5, 0.6) is 0 Å². The molecule has 1 aliphatic carbocycles. The summed E-state index contributed by atoms with van der Waals surface area (Å²) in [5.74, 6) is -0.994. The molecule has 7 heteroatoms. The van der Waals surface area contributed by atoms with Crippen molar-refractivity contribution in [2.75, 3.05) is 11.4 Å². The molecule has 4 aromatic carbocycles. The standard InChI is InChI=1S/C37H30N2O3S2/c40-35(41)23-38-36(42)34(44-37(38)43)22-25-16-19-33-31(21-25)29-12-7-13-32(29)39(33)28-17-14-24(15-18-28)20-30(26-8-3-1-4-9-26)27-10-5-2-6-11-27/h1-6,8-11,14-22,29,32H,7,12-13,23H2,(H,40,41)/b34-22+. The molecule has 0 aromatic heterocycles. The Bertz CT molecular complexity index is 1780. The lowest BCUT2D eigenvalue weighted by molar-refractivity contribution is -0.140. The maximum absolute atomic E-state index is 12.8. The van der Waals surface area contributed by atoms with Crippen LogP contribution in [0.2, 0.25) is 0 Å². The number of carbonyl (C=O) groups is 2. The molecule has 4 aromatic rings. The summed E-state index contributed by atoms with van der Waals surface area (Å²) in [6.07, 6.45) is 7.55. The fourth-order valence-corrected chi connectivity index (χ4v) is 7.95. The summed E-state index contributed by atoms with van der Waals surface area (Å²) in [6.45, 7) is -0.417. The van der Waals surface area contributed by atoms with Crippen molar-refractivity contribution in [3.8, 4) is 0 Å². The number of carboxylic acid groups (broad SMARTS) is 1. The second-order valence-electron chi connectivity index (χ2n) is 11.3. The van der Waals surface area contributed by atoms with Crippen molar-refractivity contribution in [2.24, 2.45) is 0 Å². The van der Waals surface area contributed by atoms with Crippen LogP contribution in [-0.4, -0.2) is 38.8 Å². The third kappa shape index (κ3) is 5.38. The molecular formula is C37H30N2O3S2. The number of thioether (sulfide) groups is 1. The summed E-state index contributed by atoms with van der Waals surface area (Å²) in [7, 11) is 0. The first-order chi connectivity index (χ1) is 21.5. The first-order valence-electron chi connectivity index (χ1n) is 14.8. The van der Waals surface area contributed by atoms with E-state index < -0.39 is 12.5 Å². The topological polar surface area (TPSA) is 60.9 Å². The molecule has 218 valence electrons. The summed E-state index contributed by atoms with van der Waals surface area (Å²) in [5.41, 5.74) is 9.34. The van der Waals surface area contributed by atoms with E-state index in [1.165, 1.54) is 40.1 Å². The Morgan fingerprint density at radius 2 is 1.55 bits per heavy atom. The van der Waals surface area contributed by atoms with E-state index in [2.05, 4.69) is 95.9 Å². The maximum Gasteiger partial charge on any atom is 0.323 e. The van der Waals surface area contributed by atoms with Gasteiger partial charge in [0.2, 0.25) is 0 Å². The predicted molar refractivity (Wildman–Crippen MR) is 183 cm³/mol. The second-order valence-corrected chi connectivity index (χ2v) is 13.0. The smallest absolute Gasteiger partial charge is 0.323 e. The van der Waals surface area contributed by atoms with Gasteiger partial charge in [0, 0.05) is 23.3 Å². The molecule has 1 saturated carbocycles. The van der Waals surface area contributed by atoms with Gasteiger partial charge in [-0.15, -0.1) is 0 Å². The summed E-state index contributed by atoms with van der Waals surface area (Å²) in [5, 5.41) is 9.16. The van der Waals surface area contributed by atoms with Crippen LogP contribution in [0.1, 0.15) is 53.0 Å². The van der Waals surface area contributed by atoms with Crippen LogP contribution in [-0.2, 0) is 9.59 Å². The van der Waals surface area contributed by atoms with Gasteiger partial charge in [0.15, 0.2) is 0 Å². The summed E-state index contributed by atoms with van der Waals surface area (Å²) in [6, 6.07) is 36.7. The van der Waals surface area contributed by atoms with Gasteiger partial charge >= 0.3 is 5.97 Å². The third-order valence-corrected chi connectivity index (χ3v) is 10.0. The second kappa shape index (κ2) is 11.9. The quantitative estimate of drug-likeness (QED) is 0.128. The number of thiocarbonyl (C=S) groups is 1. The first kappa shape index (κ1) is 28.3. The van der Waals surface area contributed by atoms with E-state index in [4.69, 9.17) is 17.3 Å². The highest BCUT2D eigenvalue weighted by atomic mass is 32.2. The number of aliphatic carboxylic acids is 1. The minimum atomic E-state index is -1.08. The molecule has 0 spiro atoms. The summed E-state index contributed by atoms with van der Waals surface area (Å²) >= 11 is 6.44. The molecule has 2 heterocycles. The highest BCUT2D eigenvalue weighted by molar-refractivity contribution is 8.26. The third-order valence-electron chi connectivity index (χ3n) is 8.64. The zero-order valence-electron chi connectivity index (χ0n) is 23.9. The largest absolute Gasteiger partial charge is 0.480 e. The number of anilines is 2. The average molecular weight is 615 g/mol. The highest BCUT2D eigenvalue weighted by Crippen LogP contribution is 2.52. The van der Waals surface area contributed by atoms with E-state index >= 15 is 0 Å². The molecule has 3 aliphatic rings. The van der Waals surface area contributed by atoms with Crippen LogP contribution in [0.3, 0.4) is 0 Å². The van der Waals surface area contributed by atoms with E-state index in [9.17, 15) is 9.59 Å². The van der Waals surface area contributed by atoms with Crippen molar-refractivity contribution >= 4 is 69.3 Å². The molecule has 5 nitrogen and oxygen atoms in total. The molecule has 0 radical (unpaired) electrons. The van der Waals surface area contributed by atoms with Gasteiger partial charge < -0.3 is 10.0 Å². The fourth-order valence-electron chi connectivity index (χ4n) is 6.69. The van der Waals surface area contributed by atoms with Gasteiger partial charge in [-0.2, -0.15) is 0 Å². The number of amides is 1. The van der Waals surface area contributed by atoms with Gasteiger partial charge in [-0.3, -0.25) is 14.5 Å². The molecule has 2 atom stereocenters. The molecule has 0 bridgehead atoms. The number of hydrogen-bond acceptors (Lipinski definition) is 5. The molecule has 44 heavy (non-hydrogen) atoms. The molecular weight excluding hydrogens is 585 g/mol. The zero-order chi connectivity index (χ0) is 30.2. The minimum absolute atomic E-state index is 0.282. The first-order valence-corrected chi connectivity index (χ1v) is 16.0. The molecule has 1 N–H and O–H groups in total. The van der Waals surface area contributed by atoms with E-state index in [-0.39, 0.29) is 10.2 Å². The highest BCUT2D eigenvalue weighted by Gasteiger charge is 2.42. The number of carboxylic acids is 1. The van der Waals surface area contributed by atoms with Crippen LogP contribution in [0, 0.1) is 0 Å². The Hall–Kier alpha value is -4.46. The minimum Gasteiger partial charge on any atom is -0.480 e. The van der Waals surface area contributed by atoms with Crippen LogP contribution in [0.15, 0.2) is 108 Å². The normalized spacial score (nSPS) is 19.8. The average Bonchev–Trinajstić information content (AvgIpc) is 3.71. The van der Waals surface area contributed by atoms with E-state index in [0.29, 0.717) is 16.9 Å². The lowest BCUT2D eigenvalue weighted by atomic mass is 9.95. The molecule has 2 unspecified atom stereocenters. The Balaban J connectivity index is 1.19. The van der Waals surface area contributed by atoms with Crippen LogP contribution in [0.4, 0.5) is 11.4 Å². The molecule has 1 saturated heterocycles. The van der Waals surface area contributed by atoms with E-state index in [1.807, 2.05) is 24.3 Å². The number of hydrogen-bond donors (Lipinski definition) is 1. The SMILES string of the molecule is O=C(O)CN1C(=O)/C(=C\c2ccc3c(c2)C2CCCC2N3c2ccc(C=C(c3ccccc3)c3ccccc3)cc2)SC1=S. The van der Waals surface area contributed by atoms with Gasteiger partial charge in [-0.25, -0.2) is 0 Å². The van der Waals surface area contributed by atoms with Crippen LogP contribution in [0.25, 0.3) is 17.7 Å². The molecule has 2 aliphatic heterocycles. The maximum atomic E-state index is 12.8. The Labute approximate surface area is 266 Å². The number of fused-ring (bicyclic) bond motifs is 3. The van der Waals surface area contributed by atoms with Gasteiger partial charge in [-0.05, 0) is 82.6 Å². The Morgan fingerprint density at radius 3 is 2.20 bits per heavy atom. The Morgan fingerprint density at radius 1 is 0.886 bits per heavy atom. The molecule has 1 amide bonds. The van der Waals surface area contributed by atoms with E-state index in [1.54, 1.807) is 0 Å². The lowest BCUT2D eigenvalue weighted by Crippen LogP contribution is -2.33. The molecule has 2 fully saturated rings. The number of nitrogens with zero attached hydrogens (tertiary/aromatic N) is 2. The van der Waals surface area contributed by atoms with Crippen molar-refractivity contribution in [3.05, 3.63) is 136 Å². The van der Waals surface area contributed by atoms with Gasteiger partial charge in [-0.1, -0.05) is 109 Å². The van der Waals surface area contributed by atoms with Crippen LogP contribution >= 0.6 is 24.0 Å². The predicted octanol–water partition coefficient (Wildman–Crippen LogP) is 8.35. The van der Waals surface area contributed by atoms with Crippen LogP contribution < -0.4 is 4.90 Å². The number of rotatable bonds is 7. The van der Waals surface area contributed by atoms with Crippen molar-refractivity contribution in [1.29, 1.82) is 0 Å². The number of carbonyl (C=O) groups excluding carboxylic acids is 1. The van der Waals surface area contributed by atoms with Crippen molar-refractivity contribution in [3.63, 3.8) is 0 Å². The Kier molecular flexibility index (Phi) is 7.66. The van der Waals surface area contributed by atoms with Crippen molar-refractivity contribution in [1.82, 2.24) is 4.90 Å². The van der Waals surface area contributed by atoms with Gasteiger partial charge in [0.1, 0.15) is 10.9 Å². The van der Waals surface area contributed by atoms with E-state index in [0.717, 1.165) is 40.6 Å². The number of benzene rings is 4. The van der Waals surface area contributed by atoms with Crippen molar-refractivity contribution in [2.45, 2.75) is 31.2 Å². The van der Waals surface area contributed by atoms with Gasteiger partial charge in [0.25, 0.3) is 5.91 Å². The van der Waals surface area contributed by atoms with Crippen molar-refractivity contribution < 1.29 is 14.7 Å². The van der Waals surface area contributed by atoms with Gasteiger partial charge in [0.05, 0.1) is 4.91 Å². The fraction of sp³-hybridized carbons (Fsp3) is 0.162. The lowest BCUT2D eigenvalue weighted by Gasteiger charge is -2.27. The summed E-state index contributed by atoms with van der Waals surface area (Å²) < 4.78 is 0.282.